The van der Waals surface area contributed by atoms with Gasteiger partial charge in [-0.2, -0.15) is 5.11 Å². The minimum Gasteiger partial charge on any atom is -0.463 e. The molecule has 2 heterocycles. The second kappa shape index (κ2) is 17.0. The fourth-order valence-electron chi connectivity index (χ4n) is 6.37. The largest absolute Gasteiger partial charge is 0.463 e. The molecular formula is C39H53N5O6. The van der Waals surface area contributed by atoms with E-state index in [9.17, 15) is 24.0 Å². The van der Waals surface area contributed by atoms with Gasteiger partial charge in [0.1, 0.15) is 43.2 Å². The maximum atomic E-state index is 13.7. The fraction of sp³-hybridized carbons (Fsp3) is 0.564. The number of nitrogens with zero attached hydrogens (tertiary/aromatic N) is 4. The lowest BCUT2D eigenvalue weighted by Gasteiger charge is -2.34. The third-order valence-electron chi connectivity index (χ3n) is 8.91. The second-order valence-corrected chi connectivity index (χ2v) is 15.8. The molecule has 2 unspecified atom stereocenters. The standard InChI is InChI=1S/C39H53N5O6/c1-38(2,3)19-11-14-28(45)23-34(48)43-25-27-13-7-8-16-30(27)37-36(31-17-9-10-18-32(31)43)41-42-44(37)26-33(47)40-21-22-50-35(49)24-29(46)15-12-20-39(4,5)6/h7-10,13,16-18,36-37H,11-12,14-15,19-26H2,1-6H3,(H,40,47). The lowest BCUT2D eigenvalue weighted by Crippen LogP contribution is -2.39. The predicted molar refractivity (Wildman–Crippen MR) is 191 cm³/mol. The van der Waals surface area contributed by atoms with E-state index in [2.05, 4.69) is 57.2 Å². The Bertz CT molecular complexity index is 1570. The Balaban J connectivity index is 1.37. The Hall–Kier alpha value is -4.41. The summed E-state index contributed by atoms with van der Waals surface area (Å²) in [6.07, 6.45) is 3.54. The van der Waals surface area contributed by atoms with Gasteiger partial charge < -0.3 is 15.0 Å². The number of anilines is 1. The summed E-state index contributed by atoms with van der Waals surface area (Å²) in [7, 11) is 0. The van der Waals surface area contributed by atoms with Gasteiger partial charge in [0.05, 0.1) is 19.5 Å². The molecule has 11 nitrogen and oxygen atoms in total. The summed E-state index contributed by atoms with van der Waals surface area (Å²) in [5.74, 6) is -1.40. The Morgan fingerprint density at radius 3 is 2.08 bits per heavy atom. The maximum Gasteiger partial charge on any atom is 0.313 e. The molecule has 0 bridgehead atoms. The van der Waals surface area contributed by atoms with E-state index in [1.807, 2.05) is 48.5 Å². The molecule has 2 aliphatic rings. The van der Waals surface area contributed by atoms with Crippen LogP contribution in [0.15, 0.2) is 58.9 Å². The highest BCUT2D eigenvalue weighted by molar-refractivity contribution is 6.06. The van der Waals surface area contributed by atoms with Crippen molar-refractivity contribution in [3.05, 3.63) is 65.2 Å². The number of ketones is 2. The summed E-state index contributed by atoms with van der Waals surface area (Å²) in [4.78, 5) is 65.6. The van der Waals surface area contributed by atoms with E-state index in [-0.39, 0.29) is 73.3 Å². The minimum absolute atomic E-state index is 0.0490. The van der Waals surface area contributed by atoms with Crippen molar-refractivity contribution in [2.75, 3.05) is 24.6 Å². The van der Waals surface area contributed by atoms with Gasteiger partial charge in [-0.15, -0.1) is 0 Å². The lowest BCUT2D eigenvalue weighted by atomic mass is 9.87. The Morgan fingerprint density at radius 2 is 1.42 bits per heavy atom. The molecule has 2 aliphatic heterocycles. The molecule has 2 amide bonds. The van der Waals surface area contributed by atoms with Crippen molar-refractivity contribution < 1.29 is 28.7 Å². The third kappa shape index (κ3) is 11.3. The van der Waals surface area contributed by atoms with Gasteiger partial charge in [-0.25, -0.2) is 0 Å². The van der Waals surface area contributed by atoms with Crippen LogP contribution in [0.4, 0.5) is 5.69 Å². The second-order valence-electron chi connectivity index (χ2n) is 15.8. The van der Waals surface area contributed by atoms with Crippen LogP contribution in [0.1, 0.15) is 122 Å². The SMILES string of the molecule is CC(C)(C)CCCC(=O)CC(=O)OCCNC(=O)CN1N=NC2c3ccccc3N(C(=O)CC(=O)CCCC(C)(C)C)Cc3ccccc3C21. The number of carbonyl (C=O) groups is 5. The van der Waals surface area contributed by atoms with Gasteiger partial charge in [-0.1, -0.05) is 89.2 Å². The monoisotopic (exact) mass is 687 g/mol. The molecule has 1 N–H and O–H groups in total. The van der Waals surface area contributed by atoms with Gasteiger partial charge in [0.25, 0.3) is 0 Å². The van der Waals surface area contributed by atoms with Crippen LogP contribution in [0.25, 0.3) is 0 Å². The van der Waals surface area contributed by atoms with E-state index in [0.717, 1.165) is 42.4 Å². The number of esters is 1. The van der Waals surface area contributed by atoms with Crippen molar-refractivity contribution in [2.24, 2.45) is 21.2 Å². The summed E-state index contributed by atoms with van der Waals surface area (Å²) in [6, 6.07) is 14.4. The van der Waals surface area contributed by atoms with Crippen molar-refractivity contribution in [2.45, 2.75) is 112 Å². The highest BCUT2D eigenvalue weighted by Crippen LogP contribution is 2.48. The van der Waals surface area contributed by atoms with E-state index in [1.54, 1.807) is 9.91 Å². The first-order valence-electron chi connectivity index (χ1n) is 17.7. The number of rotatable bonds is 15. The average molecular weight is 688 g/mol. The summed E-state index contributed by atoms with van der Waals surface area (Å²) >= 11 is 0. The van der Waals surface area contributed by atoms with Crippen LogP contribution in [-0.4, -0.2) is 54.1 Å². The number of nitrogens with one attached hydrogen (secondary N) is 1. The van der Waals surface area contributed by atoms with Crippen LogP contribution in [0.5, 0.6) is 0 Å². The quantitative estimate of drug-likeness (QED) is 0.121. The Kier molecular flexibility index (Phi) is 13.1. The van der Waals surface area contributed by atoms with Gasteiger partial charge in [0, 0.05) is 24.1 Å². The lowest BCUT2D eigenvalue weighted by molar-refractivity contribution is -0.146. The molecule has 2 aromatic rings. The molecule has 0 saturated carbocycles. The molecule has 270 valence electrons. The van der Waals surface area contributed by atoms with Crippen molar-refractivity contribution in [1.29, 1.82) is 0 Å². The fourth-order valence-corrected chi connectivity index (χ4v) is 6.37. The first-order valence-corrected chi connectivity index (χ1v) is 17.7. The highest BCUT2D eigenvalue weighted by Gasteiger charge is 2.41. The summed E-state index contributed by atoms with van der Waals surface area (Å²) < 4.78 is 5.18. The average Bonchev–Trinajstić information content (AvgIpc) is 3.42. The Labute approximate surface area is 296 Å². The third-order valence-corrected chi connectivity index (χ3v) is 8.91. The number of benzene rings is 2. The summed E-state index contributed by atoms with van der Waals surface area (Å²) in [5, 5.41) is 13.4. The first kappa shape index (κ1) is 38.4. The molecular weight excluding hydrogens is 634 g/mol. The molecule has 0 fully saturated rings. The maximum absolute atomic E-state index is 13.7. The van der Waals surface area contributed by atoms with E-state index < -0.39 is 18.1 Å². The molecule has 2 aromatic carbocycles. The first-order chi connectivity index (χ1) is 23.6. The van der Waals surface area contributed by atoms with Gasteiger partial charge in [0.2, 0.25) is 11.8 Å². The van der Waals surface area contributed by atoms with Crippen LogP contribution in [0.2, 0.25) is 0 Å². The van der Waals surface area contributed by atoms with Crippen LogP contribution in [0.3, 0.4) is 0 Å². The van der Waals surface area contributed by atoms with E-state index >= 15 is 0 Å². The zero-order chi connectivity index (χ0) is 36.5. The van der Waals surface area contributed by atoms with E-state index in [4.69, 9.17) is 4.74 Å². The number of para-hydroxylation sites is 1. The zero-order valence-electron chi connectivity index (χ0n) is 30.5. The number of Topliss-reactive ketones (excluding diaryl/α,β-unsaturated/α-hetero) is 2. The molecule has 0 spiro atoms. The molecule has 0 aromatic heterocycles. The van der Waals surface area contributed by atoms with Crippen LogP contribution in [-0.2, 0) is 35.3 Å². The van der Waals surface area contributed by atoms with Gasteiger partial charge in [-0.05, 0) is 53.7 Å². The van der Waals surface area contributed by atoms with Gasteiger partial charge in [0.15, 0.2) is 0 Å². The van der Waals surface area contributed by atoms with Gasteiger partial charge in [-0.3, -0.25) is 29.0 Å². The summed E-state index contributed by atoms with van der Waals surface area (Å²) in [6.45, 7) is 13.0. The number of amides is 2. The molecule has 0 saturated heterocycles. The number of hydrogen-bond acceptors (Lipinski definition) is 9. The van der Waals surface area contributed by atoms with Crippen LogP contribution in [0, 0.1) is 10.8 Å². The molecule has 4 rings (SSSR count). The van der Waals surface area contributed by atoms with E-state index in [1.165, 1.54) is 0 Å². The Morgan fingerprint density at radius 1 is 0.820 bits per heavy atom. The smallest absolute Gasteiger partial charge is 0.313 e. The molecule has 50 heavy (non-hydrogen) atoms. The minimum atomic E-state index is -0.599. The van der Waals surface area contributed by atoms with Gasteiger partial charge >= 0.3 is 5.97 Å². The summed E-state index contributed by atoms with van der Waals surface area (Å²) in [5.41, 5.74) is 3.48. The van der Waals surface area contributed by atoms with Crippen molar-refractivity contribution in [3.8, 4) is 0 Å². The molecule has 2 atom stereocenters. The predicted octanol–water partition coefficient (Wildman–Crippen LogP) is 7.01. The topological polar surface area (TPSA) is 138 Å². The van der Waals surface area contributed by atoms with Crippen LogP contribution >= 0.6 is 0 Å². The number of hydrogen-bond donors (Lipinski definition) is 1. The highest BCUT2D eigenvalue weighted by atomic mass is 16.5. The van der Waals surface area contributed by atoms with Crippen LogP contribution < -0.4 is 10.2 Å². The molecule has 0 radical (unpaired) electrons. The normalized spacial score (nSPS) is 16.8. The number of fused-ring (bicyclic) bond motifs is 5. The van der Waals surface area contributed by atoms with Crippen molar-refractivity contribution in [1.82, 2.24) is 10.3 Å². The molecule has 0 aliphatic carbocycles. The number of carbonyl (C=O) groups excluding carboxylic acids is 5. The number of ether oxygens (including phenoxy) is 1. The zero-order valence-corrected chi connectivity index (χ0v) is 30.5. The van der Waals surface area contributed by atoms with Crippen molar-refractivity contribution >= 4 is 35.0 Å². The van der Waals surface area contributed by atoms with Crippen molar-refractivity contribution in [3.63, 3.8) is 0 Å². The molecule has 11 heteroatoms. The van der Waals surface area contributed by atoms with E-state index in [0.29, 0.717) is 18.5 Å².